The van der Waals surface area contributed by atoms with Gasteiger partial charge in [0.2, 0.25) is 0 Å². The quantitative estimate of drug-likeness (QED) is 0.669. The molecule has 6 nitrogen and oxygen atoms in total. The standard InChI is InChI=1S/C14H15N3O3/c1-10-8-15-6-5-11(10)9-16-12-3-4-13(17(18)19)14(7-12)20-2/h3-8,16H,9H2,1-2H3. The van der Waals surface area contributed by atoms with Gasteiger partial charge in [-0.15, -0.1) is 0 Å². The number of hydrogen-bond acceptors (Lipinski definition) is 5. The number of benzene rings is 1. The first kappa shape index (κ1) is 13.8. The van der Waals surface area contributed by atoms with Crippen LogP contribution < -0.4 is 10.1 Å². The average molecular weight is 273 g/mol. The van der Waals surface area contributed by atoms with Crippen molar-refractivity contribution in [2.75, 3.05) is 12.4 Å². The molecule has 0 aliphatic heterocycles. The Kier molecular flexibility index (Phi) is 4.14. The second-order valence-electron chi connectivity index (χ2n) is 4.30. The van der Waals surface area contributed by atoms with Gasteiger partial charge in [-0.2, -0.15) is 0 Å². The van der Waals surface area contributed by atoms with Crippen LogP contribution in [0.1, 0.15) is 11.1 Å². The third-order valence-corrected chi connectivity index (χ3v) is 3.00. The monoisotopic (exact) mass is 273 g/mol. The fraction of sp³-hybridized carbons (Fsp3) is 0.214. The molecule has 0 amide bonds. The van der Waals surface area contributed by atoms with Gasteiger partial charge in [-0.1, -0.05) is 0 Å². The lowest BCUT2D eigenvalue weighted by Crippen LogP contribution is -2.02. The molecular weight excluding hydrogens is 258 g/mol. The topological polar surface area (TPSA) is 77.3 Å². The van der Waals surface area contributed by atoms with Crippen molar-refractivity contribution in [1.82, 2.24) is 4.98 Å². The van der Waals surface area contributed by atoms with Gasteiger partial charge in [0, 0.05) is 36.8 Å². The van der Waals surface area contributed by atoms with Crippen molar-refractivity contribution in [2.45, 2.75) is 13.5 Å². The van der Waals surface area contributed by atoms with E-state index < -0.39 is 4.92 Å². The maximum Gasteiger partial charge on any atom is 0.311 e. The number of anilines is 1. The predicted molar refractivity (Wildman–Crippen MR) is 75.9 cm³/mol. The Hall–Kier alpha value is -2.63. The fourth-order valence-corrected chi connectivity index (χ4v) is 1.84. The van der Waals surface area contributed by atoms with Crippen molar-refractivity contribution in [2.24, 2.45) is 0 Å². The summed E-state index contributed by atoms with van der Waals surface area (Å²) >= 11 is 0. The van der Waals surface area contributed by atoms with Crippen LogP contribution in [-0.2, 0) is 6.54 Å². The second-order valence-corrected chi connectivity index (χ2v) is 4.30. The van der Waals surface area contributed by atoms with E-state index in [0.717, 1.165) is 16.8 Å². The number of ether oxygens (including phenoxy) is 1. The summed E-state index contributed by atoms with van der Waals surface area (Å²) in [6.07, 6.45) is 3.54. The number of hydrogen-bond donors (Lipinski definition) is 1. The van der Waals surface area contributed by atoms with Crippen LogP contribution in [0.2, 0.25) is 0 Å². The third kappa shape index (κ3) is 3.03. The van der Waals surface area contributed by atoms with Gasteiger partial charge in [-0.3, -0.25) is 15.1 Å². The number of nitrogens with one attached hydrogen (secondary N) is 1. The van der Waals surface area contributed by atoms with Gasteiger partial charge in [0.25, 0.3) is 0 Å². The number of rotatable bonds is 5. The number of nitro benzene ring substituents is 1. The van der Waals surface area contributed by atoms with E-state index in [1.165, 1.54) is 13.2 Å². The molecule has 0 bridgehead atoms. The highest BCUT2D eigenvalue weighted by atomic mass is 16.6. The maximum absolute atomic E-state index is 10.8. The van der Waals surface area contributed by atoms with Crippen LogP contribution in [0.15, 0.2) is 36.7 Å². The Labute approximate surface area is 116 Å². The number of pyridine rings is 1. The van der Waals surface area contributed by atoms with Crippen molar-refractivity contribution in [3.05, 3.63) is 57.9 Å². The molecule has 0 radical (unpaired) electrons. The van der Waals surface area contributed by atoms with Crippen LogP contribution in [0.4, 0.5) is 11.4 Å². The van der Waals surface area contributed by atoms with Crippen molar-refractivity contribution in [1.29, 1.82) is 0 Å². The molecule has 0 aliphatic carbocycles. The Morgan fingerprint density at radius 3 is 2.85 bits per heavy atom. The lowest BCUT2D eigenvalue weighted by molar-refractivity contribution is -0.385. The molecule has 2 rings (SSSR count). The Morgan fingerprint density at radius 1 is 1.40 bits per heavy atom. The minimum Gasteiger partial charge on any atom is -0.490 e. The zero-order valence-electron chi connectivity index (χ0n) is 11.3. The summed E-state index contributed by atoms with van der Waals surface area (Å²) in [5.74, 6) is 0.242. The molecule has 1 aromatic carbocycles. The highest BCUT2D eigenvalue weighted by Gasteiger charge is 2.14. The van der Waals surface area contributed by atoms with Gasteiger partial charge < -0.3 is 10.1 Å². The zero-order valence-corrected chi connectivity index (χ0v) is 11.3. The highest BCUT2D eigenvalue weighted by Crippen LogP contribution is 2.29. The number of methoxy groups -OCH3 is 1. The number of aromatic nitrogens is 1. The van der Waals surface area contributed by atoms with Crippen molar-refractivity contribution < 1.29 is 9.66 Å². The summed E-state index contributed by atoms with van der Waals surface area (Å²) in [5.41, 5.74) is 2.94. The molecule has 2 aromatic rings. The van der Waals surface area contributed by atoms with Crippen LogP contribution in [0, 0.1) is 17.0 Å². The van der Waals surface area contributed by atoms with Crippen LogP contribution in [0.3, 0.4) is 0 Å². The SMILES string of the molecule is COc1cc(NCc2ccncc2C)ccc1[N+](=O)[O-]. The molecule has 0 atom stereocenters. The van der Waals surface area contributed by atoms with Gasteiger partial charge >= 0.3 is 5.69 Å². The van der Waals surface area contributed by atoms with E-state index in [1.807, 2.05) is 13.0 Å². The van der Waals surface area contributed by atoms with Crippen molar-refractivity contribution in [3.8, 4) is 5.75 Å². The van der Waals surface area contributed by atoms with Crippen molar-refractivity contribution >= 4 is 11.4 Å². The summed E-state index contributed by atoms with van der Waals surface area (Å²) < 4.78 is 5.03. The molecule has 1 heterocycles. The van der Waals surface area contributed by atoms with E-state index in [2.05, 4.69) is 10.3 Å². The number of nitrogens with zero attached hydrogens (tertiary/aromatic N) is 2. The van der Waals surface area contributed by atoms with Gasteiger partial charge in [0.15, 0.2) is 5.75 Å². The lowest BCUT2D eigenvalue weighted by Gasteiger charge is -2.10. The molecule has 0 saturated carbocycles. The summed E-state index contributed by atoms with van der Waals surface area (Å²) in [4.78, 5) is 14.4. The summed E-state index contributed by atoms with van der Waals surface area (Å²) in [5, 5.41) is 14.0. The van der Waals surface area contributed by atoms with Crippen LogP contribution >= 0.6 is 0 Å². The smallest absolute Gasteiger partial charge is 0.311 e. The molecule has 6 heteroatoms. The largest absolute Gasteiger partial charge is 0.490 e. The molecule has 1 aromatic heterocycles. The summed E-state index contributed by atoms with van der Waals surface area (Å²) in [6, 6.07) is 6.65. The molecule has 20 heavy (non-hydrogen) atoms. The number of nitro groups is 1. The third-order valence-electron chi connectivity index (χ3n) is 3.00. The summed E-state index contributed by atoms with van der Waals surface area (Å²) in [7, 11) is 1.42. The summed E-state index contributed by atoms with van der Waals surface area (Å²) in [6.45, 7) is 2.61. The molecule has 1 N–H and O–H groups in total. The lowest BCUT2D eigenvalue weighted by atomic mass is 10.1. The van der Waals surface area contributed by atoms with E-state index in [1.54, 1.807) is 24.5 Å². The van der Waals surface area contributed by atoms with Crippen LogP contribution in [0.25, 0.3) is 0 Å². The molecule has 0 spiro atoms. The first-order valence-electron chi connectivity index (χ1n) is 6.07. The second kappa shape index (κ2) is 6.01. The molecule has 0 fully saturated rings. The van der Waals surface area contributed by atoms with Crippen LogP contribution in [-0.4, -0.2) is 17.0 Å². The van der Waals surface area contributed by atoms with Gasteiger partial charge in [-0.25, -0.2) is 0 Å². The van der Waals surface area contributed by atoms with E-state index in [4.69, 9.17) is 4.74 Å². The minimum atomic E-state index is -0.463. The van der Waals surface area contributed by atoms with E-state index in [0.29, 0.717) is 6.54 Å². The Morgan fingerprint density at radius 2 is 2.20 bits per heavy atom. The molecule has 0 aliphatic rings. The first-order valence-corrected chi connectivity index (χ1v) is 6.07. The van der Waals surface area contributed by atoms with E-state index in [-0.39, 0.29) is 11.4 Å². The van der Waals surface area contributed by atoms with Crippen molar-refractivity contribution in [3.63, 3.8) is 0 Å². The zero-order chi connectivity index (χ0) is 14.5. The fourth-order valence-electron chi connectivity index (χ4n) is 1.84. The maximum atomic E-state index is 10.8. The normalized spacial score (nSPS) is 10.1. The molecule has 0 saturated heterocycles. The van der Waals surface area contributed by atoms with Gasteiger partial charge in [-0.05, 0) is 30.2 Å². The van der Waals surface area contributed by atoms with E-state index in [9.17, 15) is 10.1 Å². The van der Waals surface area contributed by atoms with E-state index >= 15 is 0 Å². The Balaban J connectivity index is 2.15. The van der Waals surface area contributed by atoms with Gasteiger partial charge in [0.05, 0.1) is 12.0 Å². The number of aryl methyl sites for hydroxylation is 1. The molecular formula is C14H15N3O3. The minimum absolute atomic E-state index is 0.0434. The Bertz CT molecular complexity index is 629. The molecule has 0 unspecified atom stereocenters. The average Bonchev–Trinajstić information content (AvgIpc) is 2.46. The highest BCUT2D eigenvalue weighted by molar-refractivity contribution is 5.58. The van der Waals surface area contributed by atoms with Gasteiger partial charge in [0.1, 0.15) is 0 Å². The predicted octanol–water partition coefficient (Wildman–Crippen LogP) is 2.92. The first-order chi connectivity index (χ1) is 9.61. The van der Waals surface area contributed by atoms with Crippen LogP contribution in [0.5, 0.6) is 5.75 Å². The molecule has 104 valence electrons.